The fraction of sp³-hybridized carbons (Fsp3) is 0.400. The summed E-state index contributed by atoms with van der Waals surface area (Å²) in [4.78, 5) is 2.14. The summed E-state index contributed by atoms with van der Waals surface area (Å²) in [6.07, 6.45) is 1.06. The molecule has 0 aliphatic rings. The number of halogens is 1. The molecular weight excluding hydrogens is 258 g/mol. The van der Waals surface area contributed by atoms with Crippen molar-refractivity contribution in [2.45, 2.75) is 26.1 Å². The van der Waals surface area contributed by atoms with Gasteiger partial charge in [-0.25, -0.2) is 0 Å². The summed E-state index contributed by atoms with van der Waals surface area (Å²) < 4.78 is 1.89. The van der Waals surface area contributed by atoms with Crippen LogP contribution in [0, 0.1) is 6.92 Å². The van der Waals surface area contributed by atoms with Crippen molar-refractivity contribution in [1.82, 2.24) is 9.78 Å². The lowest BCUT2D eigenvalue weighted by Gasteiger charge is -2.21. The van der Waals surface area contributed by atoms with Gasteiger partial charge in [0.2, 0.25) is 0 Å². The zero-order valence-corrected chi connectivity index (χ0v) is 12.7. The highest BCUT2D eigenvalue weighted by molar-refractivity contribution is 6.17. The summed E-state index contributed by atoms with van der Waals surface area (Å²) in [5, 5.41) is 4.45. The van der Waals surface area contributed by atoms with Gasteiger partial charge in [0.1, 0.15) is 5.82 Å². The Morgan fingerprint density at radius 2 is 1.89 bits per heavy atom. The molecule has 0 spiro atoms. The fourth-order valence-electron chi connectivity index (χ4n) is 2.34. The summed E-state index contributed by atoms with van der Waals surface area (Å²) in [5.74, 6) is 1.53. The molecule has 19 heavy (non-hydrogen) atoms. The number of hydrogen-bond donors (Lipinski definition) is 0. The number of alkyl halides is 1. The summed E-state index contributed by atoms with van der Waals surface area (Å²) in [7, 11) is 4.00. The number of aromatic nitrogens is 2. The quantitative estimate of drug-likeness (QED) is 0.793. The van der Waals surface area contributed by atoms with Gasteiger partial charge in [-0.3, -0.25) is 4.68 Å². The highest BCUT2D eigenvalue weighted by Crippen LogP contribution is 2.29. The van der Waals surface area contributed by atoms with Gasteiger partial charge in [0.25, 0.3) is 0 Å². The third-order valence-electron chi connectivity index (χ3n) is 3.50. The first-order valence-electron chi connectivity index (χ1n) is 6.49. The lowest BCUT2D eigenvalue weighted by molar-refractivity contribution is 0.750. The Balaban J connectivity index is 2.40. The number of aryl methyl sites for hydroxylation is 3. The van der Waals surface area contributed by atoms with Crippen LogP contribution in [0.3, 0.4) is 0 Å². The number of rotatable bonds is 4. The number of anilines is 2. The molecule has 2 rings (SSSR count). The van der Waals surface area contributed by atoms with E-state index in [1.807, 2.05) is 25.7 Å². The van der Waals surface area contributed by atoms with Gasteiger partial charge < -0.3 is 4.90 Å². The first-order valence-corrected chi connectivity index (χ1v) is 7.03. The maximum Gasteiger partial charge on any atom is 0.135 e. The molecule has 0 amide bonds. The number of hydrogen-bond acceptors (Lipinski definition) is 2. The predicted molar refractivity (Wildman–Crippen MR) is 81.4 cm³/mol. The molecule has 1 aromatic carbocycles. The molecule has 0 aliphatic carbocycles. The topological polar surface area (TPSA) is 21.1 Å². The van der Waals surface area contributed by atoms with E-state index in [4.69, 9.17) is 11.6 Å². The second-order valence-electron chi connectivity index (χ2n) is 4.72. The SMILES string of the molecule is CCc1ccc(N(C)c2c(CCl)c(C)nn2C)cc1. The van der Waals surface area contributed by atoms with Crippen molar-refractivity contribution in [1.29, 1.82) is 0 Å². The molecule has 0 saturated carbocycles. The summed E-state index contributed by atoms with van der Waals surface area (Å²) >= 11 is 6.05. The predicted octanol–water partition coefficient (Wildman–Crippen LogP) is 3.80. The van der Waals surface area contributed by atoms with Crippen LogP contribution in [0.2, 0.25) is 0 Å². The first kappa shape index (κ1) is 13.9. The van der Waals surface area contributed by atoms with Gasteiger partial charge in [0.05, 0.1) is 11.6 Å². The lowest BCUT2D eigenvalue weighted by atomic mass is 10.1. The van der Waals surface area contributed by atoms with E-state index in [1.54, 1.807) is 0 Å². The van der Waals surface area contributed by atoms with Gasteiger partial charge in [0, 0.05) is 25.3 Å². The van der Waals surface area contributed by atoms with E-state index in [9.17, 15) is 0 Å². The molecule has 0 saturated heterocycles. The molecule has 0 radical (unpaired) electrons. The van der Waals surface area contributed by atoms with Crippen LogP contribution in [0.1, 0.15) is 23.7 Å². The van der Waals surface area contributed by atoms with E-state index in [0.717, 1.165) is 29.2 Å². The highest BCUT2D eigenvalue weighted by atomic mass is 35.5. The zero-order valence-electron chi connectivity index (χ0n) is 11.9. The zero-order chi connectivity index (χ0) is 14.0. The molecule has 0 fully saturated rings. The van der Waals surface area contributed by atoms with E-state index in [0.29, 0.717) is 5.88 Å². The third kappa shape index (κ3) is 2.61. The van der Waals surface area contributed by atoms with Crippen LogP contribution in [-0.2, 0) is 19.3 Å². The average molecular weight is 278 g/mol. The van der Waals surface area contributed by atoms with Crippen LogP contribution in [0.4, 0.5) is 11.5 Å². The Labute approximate surface area is 119 Å². The van der Waals surface area contributed by atoms with Gasteiger partial charge in [0.15, 0.2) is 0 Å². The van der Waals surface area contributed by atoms with E-state index in [2.05, 4.69) is 41.2 Å². The van der Waals surface area contributed by atoms with Crippen molar-refractivity contribution in [3.63, 3.8) is 0 Å². The Morgan fingerprint density at radius 3 is 2.42 bits per heavy atom. The van der Waals surface area contributed by atoms with Crippen molar-refractivity contribution < 1.29 is 0 Å². The van der Waals surface area contributed by atoms with Crippen LogP contribution < -0.4 is 4.90 Å². The molecule has 3 nitrogen and oxygen atoms in total. The van der Waals surface area contributed by atoms with Gasteiger partial charge in [-0.1, -0.05) is 19.1 Å². The van der Waals surface area contributed by atoms with Gasteiger partial charge in [-0.15, -0.1) is 11.6 Å². The standard InChI is InChI=1S/C15H20ClN3/c1-5-12-6-8-13(9-7-12)18(3)15-14(10-16)11(2)17-19(15)4/h6-9H,5,10H2,1-4H3. The molecule has 2 aromatic rings. The molecule has 1 aromatic heterocycles. The molecular formula is C15H20ClN3. The number of nitrogens with zero attached hydrogens (tertiary/aromatic N) is 3. The minimum absolute atomic E-state index is 0.479. The van der Waals surface area contributed by atoms with E-state index >= 15 is 0 Å². The third-order valence-corrected chi connectivity index (χ3v) is 3.76. The summed E-state index contributed by atoms with van der Waals surface area (Å²) in [5.41, 5.74) is 4.57. The minimum Gasteiger partial charge on any atom is -0.329 e. The van der Waals surface area contributed by atoms with Crippen LogP contribution in [0.25, 0.3) is 0 Å². The van der Waals surface area contributed by atoms with Crippen LogP contribution >= 0.6 is 11.6 Å². The molecule has 0 unspecified atom stereocenters. The van der Waals surface area contributed by atoms with Crippen LogP contribution in [0.5, 0.6) is 0 Å². The summed E-state index contributed by atoms with van der Waals surface area (Å²) in [6.45, 7) is 4.16. The molecule has 0 atom stereocenters. The average Bonchev–Trinajstić information content (AvgIpc) is 2.72. The maximum absolute atomic E-state index is 6.05. The van der Waals surface area contributed by atoms with Crippen molar-refractivity contribution in [3.8, 4) is 0 Å². The Hall–Kier alpha value is -1.48. The maximum atomic E-state index is 6.05. The smallest absolute Gasteiger partial charge is 0.135 e. The molecule has 0 bridgehead atoms. The second kappa shape index (κ2) is 5.66. The summed E-state index contributed by atoms with van der Waals surface area (Å²) in [6, 6.07) is 8.60. The minimum atomic E-state index is 0.479. The largest absolute Gasteiger partial charge is 0.329 e. The van der Waals surface area contributed by atoms with E-state index in [-0.39, 0.29) is 0 Å². The molecule has 4 heteroatoms. The lowest BCUT2D eigenvalue weighted by Crippen LogP contribution is -2.15. The molecule has 102 valence electrons. The monoisotopic (exact) mass is 277 g/mol. The first-order chi connectivity index (χ1) is 9.08. The van der Waals surface area contributed by atoms with Crippen molar-refractivity contribution >= 4 is 23.1 Å². The van der Waals surface area contributed by atoms with E-state index in [1.165, 1.54) is 5.56 Å². The molecule has 0 N–H and O–H groups in total. The van der Waals surface area contributed by atoms with Crippen molar-refractivity contribution in [2.75, 3.05) is 11.9 Å². The number of benzene rings is 1. The Kier molecular flexibility index (Phi) is 4.15. The van der Waals surface area contributed by atoms with Gasteiger partial charge in [-0.05, 0) is 31.0 Å². The second-order valence-corrected chi connectivity index (χ2v) is 4.99. The Morgan fingerprint density at radius 1 is 1.26 bits per heavy atom. The molecule has 1 heterocycles. The fourth-order valence-corrected chi connectivity index (χ4v) is 2.66. The van der Waals surface area contributed by atoms with Crippen LogP contribution in [0.15, 0.2) is 24.3 Å². The van der Waals surface area contributed by atoms with Crippen molar-refractivity contribution in [3.05, 3.63) is 41.1 Å². The van der Waals surface area contributed by atoms with E-state index < -0.39 is 0 Å². The van der Waals surface area contributed by atoms with Crippen LogP contribution in [-0.4, -0.2) is 16.8 Å². The van der Waals surface area contributed by atoms with Gasteiger partial charge >= 0.3 is 0 Å². The normalized spacial score (nSPS) is 10.8. The highest BCUT2D eigenvalue weighted by Gasteiger charge is 2.17. The Bertz CT molecular complexity index is 558. The van der Waals surface area contributed by atoms with Gasteiger partial charge in [-0.2, -0.15) is 5.10 Å². The van der Waals surface area contributed by atoms with Crippen molar-refractivity contribution in [2.24, 2.45) is 7.05 Å². The molecule has 0 aliphatic heterocycles.